The molecule has 1 atom stereocenters. The van der Waals surface area contributed by atoms with Gasteiger partial charge in [0.1, 0.15) is 5.69 Å². The Kier molecular flexibility index (Phi) is 8.27. The fourth-order valence-electron chi connectivity index (χ4n) is 5.10. The molecule has 0 radical (unpaired) electrons. The maximum atomic E-state index is 13.3. The van der Waals surface area contributed by atoms with Crippen LogP contribution in [0.4, 0.5) is 11.6 Å². The van der Waals surface area contributed by atoms with E-state index >= 15 is 0 Å². The Bertz CT molecular complexity index is 1500. The number of aromatic nitrogens is 7. The molecule has 1 aliphatic rings. The minimum absolute atomic E-state index is 0.0107. The fourth-order valence-corrected chi connectivity index (χ4v) is 5.10. The van der Waals surface area contributed by atoms with Gasteiger partial charge in [0.25, 0.3) is 0 Å². The largest absolute Gasteiger partial charge is 0.395 e. The van der Waals surface area contributed by atoms with Crippen molar-refractivity contribution < 1.29 is 9.90 Å². The standard InChI is InChI=1S/C30H39N9O2/c1-20(2)38-18-24(16-32-38)33-29-31-10-8-26(34-29)22-6-7-25-21(9-11-37(12-13-40)17-23(25)14-22)15-28(41)27-19-39(36-35-27)30(3,4)5/h6-8,10,14,16,18-21,40H,9,11-13,15,17H2,1-5H3,(H,31,33,34)/t21-/m0/s1. The van der Waals surface area contributed by atoms with Gasteiger partial charge in [-0.2, -0.15) is 5.10 Å². The molecule has 0 saturated heterocycles. The van der Waals surface area contributed by atoms with Crippen LogP contribution < -0.4 is 5.32 Å². The lowest BCUT2D eigenvalue weighted by Gasteiger charge is -2.19. The van der Waals surface area contributed by atoms with Crippen LogP contribution in [0.15, 0.2) is 49.1 Å². The molecule has 41 heavy (non-hydrogen) atoms. The molecular formula is C30H39N9O2. The van der Waals surface area contributed by atoms with E-state index in [0.717, 1.165) is 41.0 Å². The lowest BCUT2D eigenvalue weighted by Crippen LogP contribution is -2.26. The summed E-state index contributed by atoms with van der Waals surface area (Å²) in [5.74, 6) is 0.521. The molecule has 0 fully saturated rings. The summed E-state index contributed by atoms with van der Waals surface area (Å²) in [7, 11) is 0. The molecule has 0 amide bonds. The van der Waals surface area contributed by atoms with E-state index in [4.69, 9.17) is 4.98 Å². The molecule has 4 aromatic rings. The number of hydrogen-bond donors (Lipinski definition) is 2. The number of carbonyl (C=O) groups is 1. The van der Waals surface area contributed by atoms with Crippen LogP contribution in [0.25, 0.3) is 11.3 Å². The number of carbonyl (C=O) groups excluding carboxylic acids is 1. The van der Waals surface area contributed by atoms with Gasteiger partial charge >= 0.3 is 0 Å². The normalized spacial score (nSPS) is 16.0. The molecule has 5 rings (SSSR count). The molecule has 11 nitrogen and oxygen atoms in total. The molecule has 11 heteroatoms. The van der Waals surface area contributed by atoms with E-state index in [-0.39, 0.29) is 29.9 Å². The fraction of sp³-hybridized carbons (Fsp3) is 0.467. The molecular weight excluding hydrogens is 518 g/mol. The van der Waals surface area contributed by atoms with Crippen molar-refractivity contribution in [3.63, 3.8) is 0 Å². The summed E-state index contributed by atoms with van der Waals surface area (Å²) in [5.41, 5.74) is 5.04. The van der Waals surface area contributed by atoms with Crippen molar-refractivity contribution in [3.8, 4) is 11.3 Å². The van der Waals surface area contributed by atoms with Gasteiger partial charge in [-0.1, -0.05) is 17.3 Å². The quantitative estimate of drug-likeness (QED) is 0.285. The third kappa shape index (κ3) is 6.68. The predicted octanol–water partition coefficient (Wildman–Crippen LogP) is 4.57. The highest BCUT2D eigenvalue weighted by atomic mass is 16.3. The van der Waals surface area contributed by atoms with Gasteiger partial charge in [-0.3, -0.25) is 14.4 Å². The Hall–Kier alpha value is -3.96. The smallest absolute Gasteiger partial charge is 0.227 e. The van der Waals surface area contributed by atoms with Crippen LogP contribution in [0, 0.1) is 0 Å². The lowest BCUT2D eigenvalue weighted by atomic mass is 9.87. The Labute approximate surface area is 240 Å². The van der Waals surface area contributed by atoms with E-state index in [2.05, 4.69) is 62.7 Å². The molecule has 2 N–H and O–H groups in total. The highest BCUT2D eigenvalue weighted by molar-refractivity contribution is 5.94. The van der Waals surface area contributed by atoms with Crippen LogP contribution in [0.2, 0.25) is 0 Å². The third-order valence-electron chi connectivity index (χ3n) is 7.42. The summed E-state index contributed by atoms with van der Waals surface area (Å²) >= 11 is 0. The molecule has 3 aromatic heterocycles. The number of hydrogen-bond acceptors (Lipinski definition) is 9. The average molecular weight is 558 g/mol. The van der Waals surface area contributed by atoms with E-state index in [9.17, 15) is 9.90 Å². The number of nitrogens with one attached hydrogen (secondary N) is 1. The Morgan fingerprint density at radius 2 is 2.02 bits per heavy atom. The van der Waals surface area contributed by atoms with Crippen molar-refractivity contribution in [3.05, 3.63) is 65.9 Å². The number of anilines is 2. The maximum absolute atomic E-state index is 13.3. The van der Waals surface area contributed by atoms with E-state index in [1.165, 1.54) is 0 Å². The van der Waals surface area contributed by atoms with Crippen LogP contribution in [-0.4, -0.2) is 70.2 Å². The van der Waals surface area contributed by atoms with E-state index in [1.54, 1.807) is 23.3 Å². The highest BCUT2D eigenvalue weighted by Crippen LogP contribution is 2.34. The topological polar surface area (TPSA) is 127 Å². The van der Waals surface area contributed by atoms with Crippen molar-refractivity contribution in [1.29, 1.82) is 0 Å². The highest BCUT2D eigenvalue weighted by Gasteiger charge is 2.27. The molecule has 0 aliphatic carbocycles. The van der Waals surface area contributed by atoms with Gasteiger partial charge in [0, 0.05) is 43.5 Å². The minimum atomic E-state index is -0.242. The van der Waals surface area contributed by atoms with E-state index < -0.39 is 0 Å². The van der Waals surface area contributed by atoms with Gasteiger partial charge < -0.3 is 10.4 Å². The zero-order chi connectivity index (χ0) is 29.1. The molecule has 4 heterocycles. The predicted molar refractivity (Wildman–Crippen MR) is 157 cm³/mol. The number of rotatable bonds is 9. The Balaban J connectivity index is 1.40. The number of ketones is 1. The monoisotopic (exact) mass is 557 g/mol. The second-order valence-corrected chi connectivity index (χ2v) is 11.9. The van der Waals surface area contributed by atoms with E-state index in [1.807, 2.05) is 37.7 Å². The zero-order valence-corrected chi connectivity index (χ0v) is 24.4. The van der Waals surface area contributed by atoms with Crippen molar-refractivity contribution >= 4 is 17.4 Å². The summed E-state index contributed by atoms with van der Waals surface area (Å²) < 4.78 is 3.61. The maximum Gasteiger partial charge on any atom is 0.227 e. The van der Waals surface area contributed by atoms with Gasteiger partial charge in [-0.05, 0) is 76.8 Å². The first-order valence-corrected chi connectivity index (χ1v) is 14.2. The van der Waals surface area contributed by atoms with Crippen LogP contribution in [0.5, 0.6) is 0 Å². The van der Waals surface area contributed by atoms with Crippen molar-refractivity contribution in [2.24, 2.45) is 0 Å². The number of aliphatic hydroxyl groups is 1. The molecule has 0 spiro atoms. The number of Topliss-reactive ketones (excluding diaryl/α,β-unsaturated/α-hetero) is 1. The van der Waals surface area contributed by atoms with Crippen LogP contribution in [0.3, 0.4) is 0 Å². The molecule has 1 aliphatic heterocycles. The summed E-state index contributed by atoms with van der Waals surface area (Å²) in [6.07, 6.45) is 8.36. The second-order valence-electron chi connectivity index (χ2n) is 11.9. The summed E-state index contributed by atoms with van der Waals surface area (Å²) in [4.78, 5) is 24.7. The molecule has 1 aromatic carbocycles. The van der Waals surface area contributed by atoms with Crippen molar-refractivity contribution in [1.82, 2.24) is 39.6 Å². The molecule has 0 bridgehead atoms. The van der Waals surface area contributed by atoms with Crippen LogP contribution >= 0.6 is 0 Å². The van der Waals surface area contributed by atoms with Crippen molar-refractivity contribution in [2.45, 2.75) is 71.5 Å². The summed E-state index contributed by atoms with van der Waals surface area (Å²) in [6, 6.07) is 8.50. The van der Waals surface area contributed by atoms with Gasteiger partial charge in [0.15, 0.2) is 5.78 Å². The van der Waals surface area contributed by atoms with Gasteiger partial charge in [0.05, 0.1) is 35.9 Å². The van der Waals surface area contributed by atoms with Gasteiger partial charge in [-0.15, -0.1) is 5.10 Å². The van der Waals surface area contributed by atoms with Gasteiger partial charge in [0.2, 0.25) is 5.95 Å². The summed E-state index contributed by atoms with van der Waals surface area (Å²) in [6.45, 7) is 12.4. The summed E-state index contributed by atoms with van der Waals surface area (Å²) in [5, 5.41) is 25.6. The first-order chi connectivity index (χ1) is 19.6. The first kappa shape index (κ1) is 28.6. The number of benzene rings is 1. The number of fused-ring (bicyclic) bond motifs is 1. The average Bonchev–Trinajstić information content (AvgIpc) is 3.59. The van der Waals surface area contributed by atoms with Gasteiger partial charge in [-0.25, -0.2) is 14.6 Å². The van der Waals surface area contributed by atoms with Crippen molar-refractivity contribution in [2.75, 3.05) is 25.0 Å². The Morgan fingerprint density at radius 3 is 2.73 bits per heavy atom. The zero-order valence-electron chi connectivity index (χ0n) is 24.4. The molecule has 216 valence electrons. The first-order valence-electron chi connectivity index (χ1n) is 14.2. The number of nitrogens with zero attached hydrogens (tertiary/aromatic N) is 8. The number of β-amino-alcohol motifs (C(OH)–C–C–N with tert-alkyl or cyclic N) is 1. The lowest BCUT2D eigenvalue weighted by molar-refractivity contribution is 0.0965. The van der Waals surface area contributed by atoms with Crippen LogP contribution in [0.1, 0.15) is 81.0 Å². The van der Waals surface area contributed by atoms with Crippen LogP contribution in [-0.2, 0) is 12.1 Å². The molecule has 0 saturated carbocycles. The third-order valence-corrected chi connectivity index (χ3v) is 7.42. The van der Waals surface area contributed by atoms with E-state index in [0.29, 0.717) is 31.2 Å². The minimum Gasteiger partial charge on any atom is -0.395 e. The molecule has 0 unspecified atom stereocenters. The second kappa shape index (κ2) is 11.9. The number of aliphatic hydroxyl groups excluding tert-OH is 1. The SMILES string of the molecule is CC(C)n1cc(Nc2nccc(-c3ccc4c(c3)CN(CCO)CC[C@H]4CC(=O)c3cn(C(C)(C)C)nn3)n2)cn1. The Morgan fingerprint density at radius 1 is 1.20 bits per heavy atom.